The molecule has 0 bridgehead atoms. The van der Waals surface area contributed by atoms with Crippen molar-refractivity contribution in [3.05, 3.63) is 16.8 Å². The van der Waals surface area contributed by atoms with Crippen molar-refractivity contribution >= 4 is 11.3 Å². The van der Waals surface area contributed by atoms with E-state index >= 15 is 0 Å². The summed E-state index contributed by atoms with van der Waals surface area (Å²) in [6.45, 7) is 0.815. The van der Waals surface area contributed by atoms with E-state index in [0.29, 0.717) is 11.7 Å². The first kappa shape index (κ1) is 10.8. The summed E-state index contributed by atoms with van der Waals surface area (Å²) in [4.78, 5) is 8.50. The molecule has 2 aromatic rings. The van der Waals surface area contributed by atoms with E-state index < -0.39 is 0 Å². The van der Waals surface area contributed by atoms with E-state index in [4.69, 9.17) is 9.26 Å². The van der Waals surface area contributed by atoms with E-state index in [1.165, 1.54) is 11.3 Å². The minimum Gasteiger partial charge on any atom is -0.380 e. The summed E-state index contributed by atoms with van der Waals surface area (Å²) >= 11 is 1.51. The second kappa shape index (κ2) is 4.52. The molecule has 0 spiro atoms. The highest BCUT2D eigenvalue weighted by atomic mass is 32.1. The number of aromatic nitrogens is 3. The Kier molecular flexibility index (Phi) is 2.87. The molecule has 1 N–H and O–H groups in total. The number of rotatable bonds is 3. The third kappa shape index (κ3) is 2.08. The van der Waals surface area contributed by atoms with Crippen LogP contribution in [0.25, 0.3) is 11.5 Å². The average Bonchev–Trinajstić information content (AvgIpc) is 3.09. The molecule has 1 saturated heterocycles. The van der Waals surface area contributed by atoms with Gasteiger partial charge in [-0.25, -0.2) is 4.98 Å². The fourth-order valence-corrected chi connectivity index (χ4v) is 2.41. The molecule has 2 aromatic heterocycles. The molecule has 17 heavy (non-hydrogen) atoms. The third-order valence-electron chi connectivity index (χ3n) is 2.83. The first-order valence-electron chi connectivity index (χ1n) is 5.35. The van der Waals surface area contributed by atoms with Crippen LogP contribution >= 0.6 is 11.3 Å². The Morgan fingerprint density at radius 2 is 2.53 bits per heavy atom. The first-order valence-corrected chi connectivity index (χ1v) is 6.29. The number of hydrogen-bond donors (Lipinski definition) is 1. The van der Waals surface area contributed by atoms with Crippen molar-refractivity contribution in [1.29, 1.82) is 0 Å². The van der Waals surface area contributed by atoms with Crippen LogP contribution in [0.3, 0.4) is 0 Å². The monoisotopic (exact) mass is 252 g/mol. The van der Waals surface area contributed by atoms with Crippen LogP contribution in [-0.4, -0.2) is 34.9 Å². The molecule has 2 atom stereocenters. The maximum atomic E-state index is 5.28. The molecule has 7 heteroatoms. The molecule has 0 aliphatic carbocycles. The molecule has 0 aromatic carbocycles. The lowest BCUT2D eigenvalue weighted by atomic mass is 10.2. The Hall–Kier alpha value is -1.31. The standard InChI is InChI=1S/C10H12N4O2S/c1-15-6-2-7(11-3-6)10-13-9(14-16-10)8-4-17-5-12-8/h4-7,11H,2-3H2,1H3/t6-,7+/m0/s1. The van der Waals surface area contributed by atoms with E-state index in [9.17, 15) is 0 Å². The minimum atomic E-state index is 0.0832. The summed E-state index contributed by atoms with van der Waals surface area (Å²) in [5.74, 6) is 1.15. The fourth-order valence-electron chi connectivity index (χ4n) is 1.87. The Balaban J connectivity index is 1.77. The second-order valence-corrected chi connectivity index (χ2v) is 4.60. The van der Waals surface area contributed by atoms with E-state index in [1.807, 2.05) is 5.38 Å². The lowest BCUT2D eigenvalue weighted by Crippen LogP contribution is -2.16. The van der Waals surface area contributed by atoms with E-state index in [-0.39, 0.29) is 12.1 Å². The first-order chi connectivity index (χ1) is 8.36. The highest BCUT2D eigenvalue weighted by molar-refractivity contribution is 7.07. The van der Waals surface area contributed by atoms with Crippen molar-refractivity contribution < 1.29 is 9.26 Å². The minimum absolute atomic E-state index is 0.0832. The summed E-state index contributed by atoms with van der Waals surface area (Å²) in [7, 11) is 1.71. The SMILES string of the molecule is CO[C@@H]1CN[C@@H](c2nc(-c3cscn3)no2)C1. The van der Waals surface area contributed by atoms with Crippen molar-refractivity contribution in [3.8, 4) is 11.5 Å². The summed E-state index contributed by atoms with van der Waals surface area (Å²) in [5, 5.41) is 9.12. The summed E-state index contributed by atoms with van der Waals surface area (Å²) < 4.78 is 10.5. The smallest absolute Gasteiger partial charge is 0.244 e. The Labute approximate surface area is 102 Å². The lowest BCUT2D eigenvalue weighted by molar-refractivity contribution is 0.116. The van der Waals surface area contributed by atoms with Crippen LogP contribution in [0.5, 0.6) is 0 Å². The molecule has 1 aliphatic rings. The van der Waals surface area contributed by atoms with Crippen molar-refractivity contribution in [2.75, 3.05) is 13.7 Å². The topological polar surface area (TPSA) is 73.1 Å². The summed E-state index contributed by atoms with van der Waals surface area (Å²) in [5.41, 5.74) is 2.51. The Morgan fingerprint density at radius 1 is 1.59 bits per heavy atom. The van der Waals surface area contributed by atoms with Gasteiger partial charge in [0.05, 0.1) is 17.7 Å². The molecule has 0 amide bonds. The largest absolute Gasteiger partial charge is 0.380 e. The van der Waals surface area contributed by atoms with Gasteiger partial charge in [-0.3, -0.25) is 0 Å². The maximum absolute atomic E-state index is 5.28. The third-order valence-corrected chi connectivity index (χ3v) is 3.41. The quantitative estimate of drug-likeness (QED) is 0.886. The maximum Gasteiger partial charge on any atom is 0.244 e. The van der Waals surface area contributed by atoms with Crippen molar-refractivity contribution in [1.82, 2.24) is 20.4 Å². The number of methoxy groups -OCH3 is 1. The van der Waals surface area contributed by atoms with Gasteiger partial charge in [0.2, 0.25) is 11.7 Å². The molecule has 3 rings (SSSR count). The molecular formula is C10H12N4O2S. The van der Waals surface area contributed by atoms with Crippen molar-refractivity contribution in [3.63, 3.8) is 0 Å². The number of ether oxygens (including phenoxy) is 1. The predicted molar refractivity (Wildman–Crippen MR) is 61.6 cm³/mol. The zero-order valence-corrected chi connectivity index (χ0v) is 10.1. The number of nitrogens with one attached hydrogen (secondary N) is 1. The molecule has 3 heterocycles. The number of thiazole rings is 1. The van der Waals surface area contributed by atoms with Gasteiger partial charge in [-0.1, -0.05) is 5.16 Å². The lowest BCUT2D eigenvalue weighted by Gasteiger charge is -2.04. The normalized spacial score (nSPS) is 24.3. The molecule has 0 unspecified atom stereocenters. The predicted octanol–water partition coefficient (Wildman–Crippen LogP) is 1.24. The molecule has 90 valence electrons. The van der Waals surface area contributed by atoms with Crippen molar-refractivity contribution in [2.24, 2.45) is 0 Å². The second-order valence-electron chi connectivity index (χ2n) is 3.88. The molecule has 6 nitrogen and oxygen atoms in total. The Morgan fingerprint density at radius 3 is 3.24 bits per heavy atom. The van der Waals surface area contributed by atoms with Crippen LogP contribution in [0.4, 0.5) is 0 Å². The van der Waals surface area contributed by atoms with Crippen LogP contribution in [0.15, 0.2) is 15.4 Å². The van der Waals surface area contributed by atoms with Gasteiger partial charge in [-0.15, -0.1) is 11.3 Å². The van der Waals surface area contributed by atoms with Crippen LogP contribution in [0.1, 0.15) is 18.4 Å². The number of nitrogens with zero attached hydrogens (tertiary/aromatic N) is 3. The highest BCUT2D eigenvalue weighted by Crippen LogP contribution is 2.25. The van der Waals surface area contributed by atoms with Gasteiger partial charge in [-0.2, -0.15) is 4.98 Å². The van der Waals surface area contributed by atoms with E-state index in [1.54, 1.807) is 12.6 Å². The van der Waals surface area contributed by atoms with E-state index in [2.05, 4.69) is 20.4 Å². The molecule has 0 radical (unpaired) electrons. The zero-order valence-electron chi connectivity index (χ0n) is 9.29. The fraction of sp³-hybridized carbons (Fsp3) is 0.500. The molecule has 0 saturated carbocycles. The van der Waals surface area contributed by atoms with Crippen LogP contribution < -0.4 is 5.32 Å². The molecule has 1 aliphatic heterocycles. The molecular weight excluding hydrogens is 240 g/mol. The molecule has 1 fully saturated rings. The average molecular weight is 252 g/mol. The van der Waals surface area contributed by atoms with Crippen LogP contribution in [-0.2, 0) is 4.74 Å². The highest BCUT2D eigenvalue weighted by Gasteiger charge is 2.29. The van der Waals surface area contributed by atoms with Gasteiger partial charge in [0.15, 0.2) is 0 Å². The summed E-state index contributed by atoms with van der Waals surface area (Å²) in [6, 6.07) is 0.0832. The van der Waals surface area contributed by atoms with Gasteiger partial charge >= 0.3 is 0 Å². The van der Waals surface area contributed by atoms with E-state index in [0.717, 1.165) is 18.7 Å². The van der Waals surface area contributed by atoms with Crippen LogP contribution in [0, 0.1) is 0 Å². The van der Waals surface area contributed by atoms with Crippen LogP contribution in [0.2, 0.25) is 0 Å². The number of hydrogen-bond acceptors (Lipinski definition) is 7. The van der Waals surface area contributed by atoms with Crippen molar-refractivity contribution in [2.45, 2.75) is 18.6 Å². The van der Waals surface area contributed by atoms with Gasteiger partial charge in [-0.05, 0) is 6.42 Å². The Bertz CT molecular complexity index is 484. The van der Waals surface area contributed by atoms with Gasteiger partial charge in [0.1, 0.15) is 5.69 Å². The summed E-state index contributed by atoms with van der Waals surface area (Å²) in [6.07, 6.45) is 1.07. The van der Waals surface area contributed by atoms with Gasteiger partial charge < -0.3 is 14.6 Å². The zero-order chi connectivity index (χ0) is 11.7. The van der Waals surface area contributed by atoms with Gasteiger partial charge in [0.25, 0.3) is 0 Å². The van der Waals surface area contributed by atoms with Gasteiger partial charge in [0, 0.05) is 19.0 Å².